The summed E-state index contributed by atoms with van der Waals surface area (Å²) in [6, 6.07) is 6.76. The third-order valence-corrected chi connectivity index (χ3v) is 5.92. The molecule has 0 radical (unpaired) electrons. The van der Waals surface area contributed by atoms with Crippen LogP contribution >= 0.6 is 22.9 Å². The third-order valence-electron chi connectivity index (χ3n) is 4.50. The van der Waals surface area contributed by atoms with E-state index in [1.54, 1.807) is 31.3 Å². The quantitative estimate of drug-likeness (QED) is 0.511. The van der Waals surface area contributed by atoms with Crippen LogP contribution in [0.1, 0.15) is 41.6 Å². The third kappa shape index (κ3) is 4.92. The van der Waals surface area contributed by atoms with Gasteiger partial charge in [0, 0.05) is 11.2 Å². The number of halogens is 1. The van der Waals surface area contributed by atoms with Crippen molar-refractivity contribution in [3.05, 3.63) is 62.7 Å². The molecule has 0 aliphatic carbocycles. The summed E-state index contributed by atoms with van der Waals surface area (Å²) in [5.41, 5.74) is 1.42. The Morgan fingerprint density at radius 1 is 1.12 bits per heavy atom. The van der Waals surface area contributed by atoms with Gasteiger partial charge in [0.15, 0.2) is 12.4 Å². The van der Waals surface area contributed by atoms with E-state index in [1.807, 2.05) is 6.92 Å². The Kier molecular flexibility index (Phi) is 7.16. The smallest absolute Gasteiger partial charge is 0.348 e. The van der Waals surface area contributed by atoms with Crippen molar-refractivity contribution in [2.75, 3.05) is 19.5 Å². The fraction of sp³-hybridized carbons (Fsp3) is 0.238. The van der Waals surface area contributed by atoms with Crippen LogP contribution in [0.2, 0.25) is 5.02 Å². The Morgan fingerprint density at radius 3 is 2.50 bits per heavy atom. The summed E-state index contributed by atoms with van der Waals surface area (Å²) in [6.07, 6.45) is 1.58. The second kappa shape index (κ2) is 9.84. The van der Waals surface area contributed by atoms with E-state index >= 15 is 0 Å². The lowest BCUT2D eigenvalue weighted by molar-refractivity contribution is 0.0601. The minimum atomic E-state index is -0.679. The second-order valence-electron chi connectivity index (χ2n) is 6.62. The molecule has 0 aliphatic rings. The molecule has 9 nitrogen and oxygen atoms in total. The average Bonchev–Trinajstić information content (AvgIpc) is 3.37. The average molecular weight is 478 g/mol. The van der Waals surface area contributed by atoms with Crippen molar-refractivity contribution in [1.82, 2.24) is 9.78 Å². The number of nitrogens with one attached hydrogen (secondary N) is 1. The van der Waals surface area contributed by atoms with Crippen molar-refractivity contribution < 1.29 is 28.6 Å². The first-order chi connectivity index (χ1) is 15.2. The molecule has 0 spiro atoms. The largest absolute Gasteiger partial charge is 0.471 e. The van der Waals surface area contributed by atoms with Crippen LogP contribution in [0.5, 0.6) is 5.75 Å². The SMILES string of the molecule is COC(=O)c1sc(NC(=O)c2ccn(COc3ccc(Cl)cc3C)n2)c(C(=O)OC)c1C. The molecule has 2 heterocycles. The summed E-state index contributed by atoms with van der Waals surface area (Å²) in [6.45, 7) is 3.52. The van der Waals surface area contributed by atoms with E-state index in [2.05, 4.69) is 10.4 Å². The Hall–Kier alpha value is -3.37. The summed E-state index contributed by atoms with van der Waals surface area (Å²) < 4.78 is 16.7. The lowest BCUT2D eigenvalue weighted by Crippen LogP contribution is -2.16. The van der Waals surface area contributed by atoms with E-state index in [0.717, 1.165) is 16.9 Å². The molecule has 0 saturated heterocycles. The molecule has 1 amide bonds. The molecule has 0 saturated carbocycles. The van der Waals surface area contributed by atoms with Crippen LogP contribution < -0.4 is 10.1 Å². The number of amides is 1. The molecular formula is C21H20ClN3O6S. The number of thiophene rings is 1. The predicted molar refractivity (Wildman–Crippen MR) is 119 cm³/mol. The fourth-order valence-corrected chi connectivity index (χ4v) is 4.20. The van der Waals surface area contributed by atoms with Crippen molar-refractivity contribution >= 4 is 45.8 Å². The maximum atomic E-state index is 12.7. The zero-order chi connectivity index (χ0) is 23.4. The molecule has 1 N–H and O–H groups in total. The molecular weight excluding hydrogens is 458 g/mol. The molecule has 1 aromatic carbocycles. The van der Waals surface area contributed by atoms with Crippen LogP contribution in [-0.4, -0.2) is 41.8 Å². The minimum Gasteiger partial charge on any atom is -0.471 e. The van der Waals surface area contributed by atoms with Crippen molar-refractivity contribution in [3.63, 3.8) is 0 Å². The molecule has 2 aromatic heterocycles. The number of methoxy groups -OCH3 is 2. The number of aromatic nitrogens is 2. The van der Waals surface area contributed by atoms with Gasteiger partial charge in [-0.2, -0.15) is 5.10 Å². The fourth-order valence-electron chi connectivity index (χ4n) is 2.87. The highest BCUT2D eigenvalue weighted by Crippen LogP contribution is 2.34. The van der Waals surface area contributed by atoms with Crippen molar-refractivity contribution in [2.45, 2.75) is 20.6 Å². The van der Waals surface area contributed by atoms with Gasteiger partial charge in [0.1, 0.15) is 15.6 Å². The molecule has 32 heavy (non-hydrogen) atoms. The zero-order valence-corrected chi connectivity index (χ0v) is 19.3. The lowest BCUT2D eigenvalue weighted by atomic mass is 10.1. The van der Waals surface area contributed by atoms with Gasteiger partial charge >= 0.3 is 11.9 Å². The van der Waals surface area contributed by atoms with Gasteiger partial charge in [-0.3, -0.25) is 4.79 Å². The van der Waals surface area contributed by atoms with Gasteiger partial charge in [0.2, 0.25) is 0 Å². The Balaban J connectivity index is 1.76. The number of nitrogens with zero attached hydrogens (tertiary/aromatic N) is 2. The van der Waals surface area contributed by atoms with E-state index in [-0.39, 0.29) is 27.9 Å². The molecule has 3 aromatic rings. The molecule has 3 rings (SSSR count). The number of carbonyl (C=O) groups excluding carboxylic acids is 3. The van der Waals surface area contributed by atoms with Crippen molar-refractivity contribution in [2.24, 2.45) is 0 Å². The van der Waals surface area contributed by atoms with Crippen molar-refractivity contribution in [3.8, 4) is 5.75 Å². The van der Waals surface area contributed by atoms with E-state index in [1.165, 1.54) is 25.0 Å². The van der Waals surface area contributed by atoms with Gasteiger partial charge in [-0.25, -0.2) is 14.3 Å². The van der Waals surface area contributed by atoms with Crippen LogP contribution in [-0.2, 0) is 16.2 Å². The molecule has 0 atom stereocenters. The monoisotopic (exact) mass is 477 g/mol. The van der Waals surface area contributed by atoms with E-state index in [0.29, 0.717) is 16.3 Å². The van der Waals surface area contributed by atoms with Gasteiger partial charge in [-0.05, 0) is 49.2 Å². The van der Waals surface area contributed by atoms with E-state index in [4.69, 9.17) is 25.8 Å². The van der Waals surface area contributed by atoms with Gasteiger partial charge in [-0.1, -0.05) is 11.6 Å². The Labute approximate surface area is 192 Å². The number of rotatable bonds is 7. The lowest BCUT2D eigenvalue weighted by Gasteiger charge is -2.09. The summed E-state index contributed by atoms with van der Waals surface area (Å²) in [4.78, 5) is 37.1. The molecule has 168 valence electrons. The molecule has 0 unspecified atom stereocenters. The molecule has 11 heteroatoms. The Bertz CT molecular complexity index is 1190. The highest BCUT2D eigenvalue weighted by Gasteiger charge is 2.27. The van der Waals surface area contributed by atoms with Gasteiger partial charge in [-0.15, -0.1) is 11.3 Å². The summed E-state index contributed by atoms with van der Waals surface area (Å²) in [5, 5.41) is 7.60. The Morgan fingerprint density at radius 2 is 1.84 bits per heavy atom. The molecule has 0 fully saturated rings. The second-order valence-corrected chi connectivity index (χ2v) is 8.08. The van der Waals surface area contributed by atoms with E-state index < -0.39 is 17.8 Å². The summed E-state index contributed by atoms with van der Waals surface area (Å²) in [7, 11) is 2.45. The molecule has 0 aliphatic heterocycles. The number of esters is 2. The first-order valence-corrected chi connectivity index (χ1v) is 10.5. The number of anilines is 1. The van der Waals surface area contributed by atoms with Crippen LogP contribution in [0, 0.1) is 13.8 Å². The number of ether oxygens (including phenoxy) is 3. The topological polar surface area (TPSA) is 109 Å². The van der Waals surface area contributed by atoms with Gasteiger partial charge in [0.25, 0.3) is 5.91 Å². The highest BCUT2D eigenvalue weighted by atomic mass is 35.5. The first-order valence-electron chi connectivity index (χ1n) is 9.29. The number of hydrogen-bond donors (Lipinski definition) is 1. The summed E-state index contributed by atoms with van der Waals surface area (Å²) in [5.74, 6) is -1.21. The van der Waals surface area contributed by atoms with Gasteiger partial charge < -0.3 is 19.5 Å². The highest BCUT2D eigenvalue weighted by molar-refractivity contribution is 7.18. The van der Waals surface area contributed by atoms with Crippen LogP contribution in [0.3, 0.4) is 0 Å². The first kappa shape index (κ1) is 23.3. The van der Waals surface area contributed by atoms with Crippen LogP contribution in [0.25, 0.3) is 0 Å². The normalized spacial score (nSPS) is 10.5. The van der Waals surface area contributed by atoms with Crippen LogP contribution in [0.15, 0.2) is 30.5 Å². The van der Waals surface area contributed by atoms with Crippen LogP contribution in [0.4, 0.5) is 5.00 Å². The summed E-state index contributed by atoms with van der Waals surface area (Å²) >= 11 is 6.87. The number of benzene rings is 1. The maximum Gasteiger partial charge on any atom is 0.348 e. The standard InChI is InChI=1S/C21H20ClN3O6S/c1-11-9-13(22)5-6-15(11)31-10-25-8-7-14(24-25)18(26)23-19-16(20(27)29-3)12(2)17(32-19)21(28)30-4/h5-9H,10H2,1-4H3,(H,23,26). The molecule has 0 bridgehead atoms. The number of aryl methyl sites for hydroxylation is 1. The predicted octanol–water partition coefficient (Wildman–Crippen LogP) is 4.08. The minimum absolute atomic E-state index is 0.0771. The zero-order valence-electron chi connectivity index (χ0n) is 17.7. The number of carbonyl (C=O) groups is 3. The number of hydrogen-bond acceptors (Lipinski definition) is 8. The van der Waals surface area contributed by atoms with Crippen molar-refractivity contribution in [1.29, 1.82) is 0 Å². The van der Waals surface area contributed by atoms with Gasteiger partial charge in [0.05, 0.1) is 19.8 Å². The maximum absolute atomic E-state index is 12.7. The van der Waals surface area contributed by atoms with E-state index in [9.17, 15) is 14.4 Å².